The summed E-state index contributed by atoms with van der Waals surface area (Å²) < 4.78 is 57.2. The number of rotatable bonds is 4. The Labute approximate surface area is 169 Å². The molecule has 0 aromatic heterocycles. The van der Waals surface area contributed by atoms with Gasteiger partial charge in [0.1, 0.15) is 18.2 Å². The lowest BCUT2D eigenvalue weighted by molar-refractivity contribution is -0.137. The van der Waals surface area contributed by atoms with Crippen LogP contribution in [-0.2, 0) is 17.6 Å². The minimum absolute atomic E-state index is 0.139. The molecule has 1 aliphatic rings. The zero-order valence-electron chi connectivity index (χ0n) is 15.5. The Morgan fingerprint density at radius 1 is 0.933 bits per heavy atom. The second-order valence-electron chi connectivity index (χ2n) is 6.75. The molecule has 4 rings (SSSR count). The first kappa shape index (κ1) is 19.7. The van der Waals surface area contributed by atoms with Gasteiger partial charge in [-0.15, -0.1) is 0 Å². The molecular weight excluding hydrogens is 398 g/mol. The van der Waals surface area contributed by atoms with Gasteiger partial charge in [0, 0.05) is 16.8 Å². The topological polar surface area (TPSA) is 38.3 Å². The summed E-state index contributed by atoms with van der Waals surface area (Å²) in [6.45, 7) is 0.276. The van der Waals surface area contributed by atoms with E-state index in [1.165, 1.54) is 18.2 Å². The van der Waals surface area contributed by atoms with Gasteiger partial charge in [0.25, 0.3) is 5.91 Å². The first-order valence-corrected chi connectivity index (χ1v) is 9.01. The third kappa shape index (κ3) is 4.20. The molecule has 3 aromatic carbocycles. The highest BCUT2D eigenvalue weighted by Gasteiger charge is 2.33. The minimum Gasteiger partial charge on any atom is -0.489 e. The van der Waals surface area contributed by atoms with Gasteiger partial charge in [-0.3, -0.25) is 4.79 Å². The zero-order valence-corrected chi connectivity index (χ0v) is 15.5. The highest BCUT2D eigenvalue weighted by atomic mass is 19.4. The number of hydrogen-bond acceptors (Lipinski definition) is 2. The fraction of sp³-hybridized carbons (Fsp3) is 0.0870. The molecular formula is C23H15F4NO2. The Kier molecular flexibility index (Phi) is 5.03. The number of benzene rings is 3. The summed E-state index contributed by atoms with van der Waals surface area (Å²) in [6.07, 6.45) is -2.87. The van der Waals surface area contributed by atoms with Crippen LogP contribution in [0.5, 0.6) is 5.75 Å². The van der Waals surface area contributed by atoms with Crippen LogP contribution in [0.4, 0.5) is 23.2 Å². The zero-order chi connectivity index (χ0) is 21.3. The van der Waals surface area contributed by atoms with Crippen LogP contribution in [0, 0.1) is 5.82 Å². The average Bonchev–Trinajstić information content (AvgIpc) is 3.02. The van der Waals surface area contributed by atoms with Crippen LogP contribution in [-0.4, -0.2) is 5.91 Å². The monoisotopic (exact) mass is 413 g/mol. The van der Waals surface area contributed by atoms with Crippen LogP contribution < -0.4 is 10.1 Å². The summed E-state index contributed by atoms with van der Waals surface area (Å²) in [6, 6.07) is 16.1. The van der Waals surface area contributed by atoms with Crippen molar-refractivity contribution in [1.29, 1.82) is 0 Å². The summed E-state index contributed by atoms with van der Waals surface area (Å²) in [5.74, 6) is -0.183. The molecule has 152 valence electrons. The van der Waals surface area contributed by atoms with Gasteiger partial charge in [-0.05, 0) is 53.6 Å². The van der Waals surface area contributed by atoms with E-state index in [9.17, 15) is 22.4 Å². The third-order valence-electron chi connectivity index (χ3n) is 4.64. The minimum atomic E-state index is -4.48. The van der Waals surface area contributed by atoms with E-state index < -0.39 is 17.6 Å². The Morgan fingerprint density at radius 3 is 2.30 bits per heavy atom. The van der Waals surface area contributed by atoms with Crippen molar-refractivity contribution in [3.8, 4) is 5.75 Å². The van der Waals surface area contributed by atoms with Crippen molar-refractivity contribution in [3.63, 3.8) is 0 Å². The molecule has 1 heterocycles. The van der Waals surface area contributed by atoms with E-state index in [4.69, 9.17) is 4.74 Å². The van der Waals surface area contributed by atoms with Gasteiger partial charge in [0.2, 0.25) is 0 Å². The molecule has 0 atom stereocenters. The van der Waals surface area contributed by atoms with E-state index in [1.807, 2.05) is 0 Å². The first-order chi connectivity index (χ1) is 14.3. The molecule has 0 bridgehead atoms. The summed E-state index contributed by atoms with van der Waals surface area (Å²) in [4.78, 5) is 12.2. The predicted octanol–water partition coefficient (Wildman–Crippen LogP) is 5.92. The van der Waals surface area contributed by atoms with Gasteiger partial charge in [0.05, 0.1) is 5.56 Å². The van der Waals surface area contributed by atoms with Gasteiger partial charge >= 0.3 is 6.18 Å². The number of amides is 1. The number of hydrogen-bond donors (Lipinski definition) is 1. The molecule has 7 heteroatoms. The van der Waals surface area contributed by atoms with Gasteiger partial charge < -0.3 is 10.1 Å². The second-order valence-corrected chi connectivity index (χ2v) is 6.75. The van der Waals surface area contributed by atoms with Gasteiger partial charge in [-0.1, -0.05) is 30.3 Å². The smallest absolute Gasteiger partial charge is 0.416 e. The van der Waals surface area contributed by atoms with Crippen molar-refractivity contribution in [1.82, 2.24) is 0 Å². The molecule has 0 radical (unpaired) electrons. The van der Waals surface area contributed by atoms with E-state index in [0.717, 1.165) is 17.7 Å². The van der Waals surface area contributed by atoms with E-state index in [-0.39, 0.29) is 18.1 Å². The highest BCUT2D eigenvalue weighted by molar-refractivity contribution is 6.34. The van der Waals surface area contributed by atoms with Crippen molar-refractivity contribution in [2.24, 2.45) is 0 Å². The Morgan fingerprint density at radius 2 is 1.63 bits per heavy atom. The molecule has 0 saturated carbocycles. The second kappa shape index (κ2) is 7.67. The molecule has 1 amide bonds. The van der Waals surface area contributed by atoms with Crippen LogP contribution in [0.15, 0.2) is 66.7 Å². The SMILES string of the molecule is O=C1Nc2cc(C(F)(F)F)ccc2/C1=C/c1ccc(OCc2ccc(F)cc2)cc1. The molecule has 0 fully saturated rings. The predicted molar refractivity (Wildman–Crippen MR) is 105 cm³/mol. The molecule has 0 saturated heterocycles. The largest absolute Gasteiger partial charge is 0.489 e. The van der Waals surface area contributed by atoms with Crippen LogP contribution >= 0.6 is 0 Å². The average molecular weight is 413 g/mol. The first-order valence-electron chi connectivity index (χ1n) is 9.01. The van der Waals surface area contributed by atoms with Crippen molar-refractivity contribution < 1.29 is 27.1 Å². The summed E-state index contributed by atoms with van der Waals surface area (Å²) in [7, 11) is 0. The van der Waals surface area contributed by atoms with Crippen molar-refractivity contribution in [2.75, 3.05) is 5.32 Å². The summed E-state index contributed by atoms with van der Waals surface area (Å²) >= 11 is 0. The normalized spacial score (nSPS) is 14.5. The van der Waals surface area contributed by atoms with Gasteiger partial charge in [-0.25, -0.2) is 4.39 Å². The van der Waals surface area contributed by atoms with E-state index >= 15 is 0 Å². The lowest BCUT2D eigenvalue weighted by Gasteiger charge is -2.08. The fourth-order valence-corrected chi connectivity index (χ4v) is 3.09. The van der Waals surface area contributed by atoms with Crippen LogP contribution in [0.25, 0.3) is 11.6 Å². The van der Waals surface area contributed by atoms with E-state index in [2.05, 4.69) is 5.32 Å². The lowest BCUT2D eigenvalue weighted by Crippen LogP contribution is -2.06. The number of ether oxygens (including phenoxy) is 1. The molecule has 1 N–H and O–H groups in total. The van der Waals surface area contributed by atoms with Gasteiger partial charge in [-0.2, -0.15) is 13.2 Å². The quantitative estimate of drug-likeness (QED) is 0.426. The molecule has 3 nitrogen and oxygen atoms in total. The maximum absolute atomic E-state index is 12.9. The van der Waals surface area contributed by atoms with Crippen LogP contribution in [0.1, 0.15) is 22.3 Å². The summed E-state index contributed by atoms with van der Waals surface area (Å²) in [5.41, 5.74) is 1.55. The number of halogens is 4. The number of alkyl halides is 3. The molecule has 0 aliphatic carbocycles. The third-order valence-corrected chi connectivity index (χ3v) is 4.64. The molecule has 0 spiro atoms. The molecule has 0 unspecified atom stereocenters. The highest BCUT2D eigenvalue weighted by Crippen LogP contribution is 2.38. The fourth-order valence-electron chi connectivity index (χ4n) is 3.09. The molecule has 1 aliphatic heterocycles. The molecule has 30 heavy (non-hydrogen) atoms. The number of nitrogens with one attached hydrogen (secondary N) is 1. The Hall–Kier alpha value is -3.61. The Balaban J connectivity index is 1.50. The van der Waals surface area contributed by atoms with Gasteiger partial charge in [0.15, 0.2) is 0 Å². The lowest BCUT2D eigenvalue weighted by atomic mass is 10.0. The van der Waals surface area contributed by atoms with Crippen molar-refractivity contribution in [3.05, 3.63) is 94.8 Å². The number of carbonyl (C=O) groups is 1. The van der Waals surface area contributed by atoms with Crippen LogP contribution in [0.2, 0.25) is 0 Å². The maximum Gasteiger partial charge on any atom is 0.416 e. The Bertz CT molecular complexity index is 1120. The number of anilines is 1. The van der Waals surface area contributed by atoms with Crippen molar-refractivity contribution >= 4 is 23.2 Å². The van der Waals surface area contributed by atoms with Crippen LogP contribution in [0.3, 0.4) is 0 Å². The number of carbonyl (C=O) groups excluding carboxylic acids is 1. The number of fused-ring (bicyclic) bond motifs is 1. The van der Waals surface area contributed by atoms with Crippen molar-refractivity contribution in [2.45, 2.75) is 12.8 Å². The summed E-state index contributed by atoms with van der Waals surface area (Å²) in [5, 5.41) is 2.48. The van der Waals surface area contributed by atoms with E-state index in [1.54, 1.807) is 42.5 Å². The standard InChI is InChI=1S/C23H15F4NO2/c24-17-6-1-15(2-7-17)13-30-18-8-3-14(4-9-18)11-20-19-10-5-16(23(25,26)27)12-21(19)28-22(20)29/h1-12H,13H2,(H,28,29)/b20-11-. The maximum atomic E-state index is 12.9. The van der Waals surface area contributed by atoms with E-state index in [0.29, 0.717) is 22.4 Å². The molecule has 3 aromatic rings.